The molecule has 0 saturated heterocycles. The average Bonchev–Trinajstić information content (AvgIpc) is 2.25. The molecule has 0 heterocycles. The lowest BCUT2D eigenvalue weighted by Gasteiger charge is -2.06. The summed E-state index contributed by atoms with van der Waals surface area (Å²) in [6.07, 6.45) is 2.34. The topological polar surface area (TPSA) is 46.5 Å². The number of hydrogen-bond acceptors (Lipinski definition) is 2. The minimum atomic E-state index is -1.06. The van der Waals surface area contributed by atoms with Gasteiger partial charge in [-0.25, -0.2) is 9.18 Å². The Morgan fingerprint density at radius 3 is 2.94 bits per heavy atom. The normalized spacial score (nSPS) is 10.9. The van der Waals surface area contributed by atoms with Crippen molar-refractivity contribution in [2.45, 2.75) is 13.5 Å². The van der Waals surface area contributed by atoms with Crippen molar-refractivity contribution in [2.24, 2.45) is 0 Å². The van der Waals surface area contributed by atoms with Crippen molar-refractivity contribution >= 4 is 12.0 Å². The first-order valence-corrected chi connectivity index (χ1v) is 4.90. The van der Waals surface area contributed by atoms with E-state index < -0.39 is 11.8 Å². The third kappa shape index (κ3) is 3.82. The molecule has 1 aromatic rings. The minimum Gasteiger partial charge on any atom is -0.478 e. The molecule has 1 aromatic carbocycles. The lowest BCUT2D eigenvalue weighted by molar-refractivity contribution is -0.131. The summed E-state index contributed by atoms with van der Waals surface area (Å²) in [5, 5.41) is 8.50. The second-order valence-electron chi connectivity index (χ2n) is 3.15. The smallest absolute Gasteiger partial charge is 0.328 e. The Morgan fingerprint density at radius 1 is 1.56 bits per heavy atom. The van der Waals surface area contributed by atoms with Crippen molar-refractivity contribution < 1.29 is 19.0 Å². The van der Waals surface area contributed by atoms with Crippen molar-refractivity contribution in [3.8, 4) is 0 Å². The molecule has 0 aliphatic heterocycles. The monoisotopic (exact) mass is 224 g/mol. The summed E-state index contributed by atoms with van der Waals surface area (Å²) in [6, 6.07) is 4.20. The van der Waals surface area contributed by atoms with Gasteiger partial charge in [-0.2, -0.15) is 0 Å². The van der Waals surface area contributed by atoms with Crippen LogP contribution in [0.2, 0.25) is 0 Å². The van der Waals surface area contributed by atoms with Gasteiger partial charge >= 0.3 is 5.97 Å². The maximum Gasteiger partial charge on any atom is 0.328 e. The van der Waals surface area contributed by atoms with Crippen LogP contribution in [0.3, 0.4) is 0 Å². The number of carboxylic acids is 1. The predicted octanol–water partition coefficient (Wildman–Crippen LogP) is 2.46. The second kappa shape index (κ2) is 6.02. The molecule has 0 unspecified atom stereocenters. The molecular weight excluding hydrogens is 211 g/mol. The van der Waals surface area contributed by atoms with Crippen molar-refractivity contribution in [3.63, 3.8) is 0 Å². The highest BCUT2D eigenvalue weighted by molar-refractivity contribution is 5.85. The van der Waals surface area contributed by atoms with Gasteiger partial charge < -0.3 is 9.84 Å². The quantitative estimate of drug-likeness (QED) is 0.781. The Morgan fingerprint density at radius 2 is 2.31 bits per heavy atom. The zero-order chi connectivity index (χ0) is 12.0. The highest BCUT2D eigenvalue weighted by atomic mass is 19.1. The Kier molecular flexibility index (Phi) is 4.66. The van der Waals surface area contributed by atoms with Crippen LogP contribution in [0.5, 0.6) is 0 Å². The maximum absolute atomic E-state index is 13.0. The van der Waals surface area contributed by atoms with Gasteiger partial charge in [-0.1, -0.05) is 6.07 Å². The molecule has 0 atom stereocenters. The fourth-order valence-electron chi connectivity index (χ4n) is 1.23. The number of ether oxygens (including phenoxy) is 1. The standard InChI is InChI=1S/C12H13FO3/c1-2-16-8-10-3-5-11(13)7-9(10)4-6-12(14)15/h3-7H,2,8H2,1H3,(H,14,15). The first-order chi connectivity index (χ1) is 7.63. The highest BCUT2D eigenvalue weighted by Crippen LogP contribution is 2.14. The van der Waals surface area contributed by atoms with Gasteiger partial charge in [0.15, 0.2) is 0 Å². The van der Waals surface area contributed by atoms with Gasteiger partial charge in [0.25, 0.3) is 0 Å². The Labute approximate surface area is 93.2 Å². The number of halogens is 1. The predicted molar refractivity (Wildman–Crippen MR) is 58.4 cm³/mol. The number of carboxylic acid groups (broad SMARTS) is 1. The molecule has 86 valence electrons. The van der Waals surface area contributed by atoms with Crippen LogP contribution in [0, 0.1) is 5.82 Å². The average molecular weight is 224 g/mol. The maximum atomic E-state index is 13.0. The number of carbonyl (C=O) groups is 1. The van der Waals surface area contributed by atoms with Crippen molar-refractivity contribution in [1.82, 2.24) is 0 Å². The van der Waals surface area contributed by atoms with Crippen molar-refractivity contribution in [3.05, 3.63) is 41.2 Å². The molecule has 1 N–H and O–H groups in total. The molecule has 3 nitrogen and oxygen atoms in total. The van der Waals surface area contributed by atoms with Crippen LogP contribution in [-0.2, 0) is 16.1 Å². The van der Waals surface area contributed by atoms with Gasteiger partial charge in [0, 0.05) is 12.7 Å². The molecule has 0 spiro atoms. The van der Waals surface area contributed by atoms with Crippen LogP contribution >= 0.6 is 0 Å². The molecule has 1 rings (SSSR count). The number of hydrogen-bond donors (Lipinski definition) is 1. The third-order valence-electron chi connectivity index (χ3n) is 1.98. The van der Waals surface area contributed by atoms with E-state index in [4.69, 9.17) is 9.84 Å². The molecule has 0 radical (unpaired) electrons. The van der Waals surface area contributed by atoms with E-state index in [2.05, 4.69) is 0 Å². The van der Waals surface area contributed by atoms with Gasteiger partial charge in [0.1, 0.15) is 5.82 Å². The van der Waals surface area contributed by atoms with E-state index in [-0.39, 0.29) is 0 Å². The van der Waals surface area contributed by atoms with Gasteiger partial charge in [-0.05, 0) is 36.3 Å². The van der Waals surface area contributed by atoms with Gasteiger partial charge in [0.2, 0.25) is 0 Å². The summed E-state index contributed by atoms with van der Waals surface area (Å²) in [5.74, 6) is -1.46. The zero-order valence-electron chi connectivity index (χ0n) is 8.94. The first kappa shape index (κ1) is 12.4. The molecular formula is C12H13FO3. The zero-order valence-corrected chi connectivity index (χ0v) is 8.94. The Balaban J connectivity index is 2.93. The van der Waals surface area contributed by atoms with E-state index in [0.29, 0.717) is 18.8 Å². The molecule has 0 aliphatic rings. The second-order valence-corrected chi connectivity index (χ2v) is 3.15. The lowest BCUT2D eigenvalue weighted by atomic mass is 10.1. The fourth-order valence-corrected chi connectivity index (χ4v) is 1.23. The van der Waals surface area contributed by atoms with E-state index in [1.165, 1.54) is 18.2 Å². The molecule has 0 amide bonds. The van der Waals surface area contributed by atoms with Crippen molar-refractivity contribution in [1.29, 1.82) is 0 Å². The molecule has 0 bridgehead atoms. The summed E-state index contributed by atoms with van der Waals surface area (Å²) < 4.78 is 18.2. The highest BCUT2D eigenvalue weighted by Gasteiger charge is 2.02. The SMILES string of the molecule is CCOCc1ccc(F)cc1C=CC(=O)O. The molecule has 16 heavy (non-hydrogen) atoms. The van der Waals surface area contributed by atoms with E-state index in [9.17, 15) is 9.18 Å². The van der Waals surface area contributed by atoms with Crippen LogP contribution < -0.4 is 0 Å². The van der Waals surface area contributed by atoms with Gasteiger partial charge in [-0.15, -0.1) is 0 Å². The molecule has 0 saturated carbocycles. The van der Waals surface area contributed by atoms with Crippen LogP contribution in [-0.4, -0.2) is 17.7 Å². The largest absolute Gasteiger partial charge is 0.478 e. The minimum absolute atomic E-state index is 0.343. The van der Waals surface area contributed by atoms with Crippen LogP contribution in [0.25, 0.3) is 6.08 Å². The lowest BCUT2D eigenvalue weighted by Crippen LogP contribution is -1.96. The fraction of sp³-hybridized carbons (Fsp3) is 0.250. The summed E-state index contributed by atoms with van der Waals surface area (Å²) in [5.41, 5.74) is 1.29. The Hall–Kier alpha value is -1.68. The molecule has 0 aromatic heterocycles. The molecule has 4 heteroatoms. The number of aliphatic carboxylic acids is 1. The third-order valence-corrected chi connectivity index (χ3v) is 1.98. The molecule has 0 aliphatic carbocycles. The van der Waals surface area contributed by atoms with Gasteiger partial charge in [0.05, 0.1) is 6.61 Å². The van der Waals surface area contributed by atoms with Gasteiger partial charge in [-0.3, -0.25) is 0 Å². The summed E-state index contributed by atoms with van der Waals surface area (Å²) in [7, 11) is 0. The van der Waals surface area contributed by atoms with E-state index in [0.717, 1.165) is 11.6 Å². The van der Waals surface area contributed by atoms with E-state index in [1.807, 2.05) is 6.92 Å². The summed E-state index contributed by atoms with van der Waals surface area (Å²) >= 11 is 0. The van der Waals surface area contributed by atoms with E-state index >= 15 is 0 Å². The van der Waals surface area contributed by atoms with Crippen LogP contribution in [0.4, 0.5) is 4.39 Å². The first-order valence-electron chi connectivity index (χ1n) is 4.90. The van der Waals surface area contributed by atoms with E-state index in [1.54, 1.807) is 6.07 Å². The summed E-state index contributed by atoms with van der Waals surface area (Å²) in [4.78, 5) is 10.4. The number of benzene rings is 1. The number of rotatable bonds is 5. The van der Waals surface area contributed by atoms with Crippen LogP contribution in [0.1, 0.15) is 18.1 Å². The van der Waals surface area contributed by atoms with Crippen LogP contribution in [0.15, 0.2) is 24.3 Å². The summed E-state index contributed by atoms with van der Waals surface area (Å²) in [6.45, 7) is 2.76. The van der Waals surface area contributed by atoms with Crippen molar-refractivity contribution in [2.75, 3.05) is 6.61 Å². The Bertz CT molecular complexity index is 399. The molecule has 0 fully saturated rings.